The van der Waals surface area contributed by atoms with Crippen LogP contribution in [0, 0.1) is 11.8 Å². The number of ether oxygens (including phenoxy) is 2. The second-order valence-corrected chi connectivity index (χ2v) is 5.68. The van der Waals surface area contributed by atoms with E-state index < -0.39 is 6.29 Å². The third-order valence-electron chi connectivity index (χ3n) is 3.96. The molecule has 23 heavy (non-hydrogen) atoms. The number of aliphatic hydroxyl groups is 1. The zero-order valence-corrected chi connectivity index (χ0v) is 13.7. The highest BCUT2D eigenvalue weighted by Gasteiger charge is 2.34. The summed E-state index contributed by atoms with van der Waals surface area (Å²) in [6.07, 6.45) is 2.88. The quantitative estimate of drug-likeness (QED) is 0.811. The van der Waals surface area contributed by atoms with Gasteiger partial charge in [-0.1, -0.05) is 25.1 Å². The minimum absolute atomic E-state index is 0.135. The highest BCUT2D eigenvalue weighted by atomic mass is 16.7. The normalized spacial score (nSPS) is 23.8. The number of hydrogen-bond donors (Lipinski definition) is 2. The van der Waals surface area contributed by atoms with Crippen LogP contribution in [0.15, 0.2) is 42.2 Å². The molecule has 1 aliphatic rings. The van der Waals surface area contributed by atoms with Gasteiger partial charge >= 0.3 is 0 Å². The molecule has 0 spiro atoms. The Balaban J connectivity index is 2.08. The van der Waals surface area contributed by atoms with E-state index in [1.807, 2.05) is 50.3 Å². The van der Waals surface area contributed by atoms with Gasteiger partial charge in [0, 0.05) is 24.8 Å². The summed E-state index contributed by atoms with van der Waals surface area (Å²) in [5.41, 5.74) is 0.727. The van der Waals surface area contributed by atoms with Gasteiger partial charge in [0.15, 0.2) is 5.76 Å². The Hall–Kier alpha value is -1.85. The Kier molecular flexibility index (Phi) is 6.62. The van der Waals surface area contributed by atoms with Crippen LogP contribution in [0.2, 0.25) is 0 Å². The zero-order chi connectivity index (χ0) is 16.7. The number of aliphatic hydroxyl groups excluding tert-OH is 1. The van der Waals surface area contributed by atoms with Crippen molar-refractivity contribution in [2.45, 2.75) is 33.0 Å². The molecule has 0 fully saturated rings. The first-order valence-electron chi connectivity index (χ1n) is 8.13. The van der Waals surface area contributed by atoms with Crippen molar-refractivity contribution in [1.29, 1.82) is 0 Å². The molecule has 2 N–H and O–H groups in total. The van der Waals surface area contributed by atoms with Gasteiger partial charge in [-0.25, -0.2) is 0 Å². The molecule has 0 bridgehead atoms. The second kappa shape index (κ2) is 8.70. The van der Waals surface area contributed by atoms with Gasteiger partial charge in [0.1, 0.15) is 0 Å². The van der Waals surface area contributed by atoms with E-state index in [4.69, 9.17) is 14.6 Å². The molecule has 0 radical (unpaired) electrons. The predicted molar refractivity (Wildman–Crippen MR) is 88.6 cm³/mol. The molecule has 0 unspecified atom stereocenters. The summed E-state index contributed by atoms with van der Waals surface area (Å²) in [6, 6.07) is 9.28. The topological polar surface area (TPSA) is 67.8 Å². The van der Waals surface area contributed by atoms with Crippen LogP contribution >= 0.6 is 0 Å². The molecule has 5 nitrogen and oxygen atoms in total. The minimum atomic E-state index is -0.455. The Morgan fingerprint density at radius 2 is 2.09 bits per heavy atom. The summed E-state index contributed by atoms with van der Waals surface area (Å²) in [5, 5.41) is 11.9. The van der Waals surface area contributed by atoms with E-state index in [1.54, 1.807) is 0 Å². The van der Waals surface area contributed by atoms with Crippen LogP contribution < -0.4 is 5.32 Å². The molecule has 1 aromatic rings. The molecule has 5 heteroatoms. The molecule has 3 atom stereocenters. The molecule has 1 amide bonds. The van der Waals surface area contributed by atoms with Crippen molar-refractivity contribution in [2.75, 3.05) is 18.5 Å². The Morgan fingerprint density at radius 1 is 1.35 bits per heavy atom. The number of amides is 1. The number of carbonyl (C=O) groups excluding carboxylic acids is 1. The fourth-order valence-corrected chi connectivity index (χ4v) is 2.75. The van der Waals surface area contributed by atoms with Gasteiger partial charge in [0.05, 0.1) is 0 Å². The van der Waals surface area contributed by atoms with E-state index in [2.05, 4.69) is 5.32 Å². The van der Waals surface area contributed by atoms with Crippen LogP contribution in [0.5, 0.6) is 0 Å². The highest BCUT2D eigenvalue weighted by molar-refractivity contribution is 6.02. The van der Waals surface area contributed by atoms with E-state index in [0.29, 0.717) is 18.8 Å². The van der Waals surface area contributed by atoms with Crippen LogP contribution in [0.25, 0.3) is 0 Å². The highest BCUT2D eigenvalue weighted by Crippen LogP contribution is 2.32. The summed E-state index contributed by atoms with van der Waals surface area (Å²) in [4.78, 5) is 12.4. The van der Waals surface area contributed by atoms with Crippen molar-refractivity contribution >= 4 is 11.6 Å². The minimum Gasteiger partial charge on any atom is -0.459 e. The van der Waals surface area contributed by atoms with Crippen LogP contribution in [0.3, 0.4) is 0 Å². The van der Waals surface area contributed by atoms with Crippen molar-refractivity contribution < 1.29 is 19.4 Å². The molecule has 126 valence electrons. The van der Waals surface area contributed by atoms with Crippen LogP contribution in [0.1, 0.15) is 26.7 Å². The SMILES string of the molecule is CCO[C@H]1OC(C(=O)Nc2ccccc2)=C[C@@H](C)[C@H]1CCCO. The van der Waals surface area contributed by atoms with Crippen molar-refractivity contribution in [2.24, 2.45) is 11.8 Å². The van der Waals surface area contributed by atoms with Crippen LogP contribution in [-0.2, 0) is 14.3 Å². The van der Waals surface area contributed by atoms with Gasteiger partial charge in [-0.2, -0.15) is 0 Å². The molecular weight excluding hydrogens is 294 g/mol. The monoisotopic (exact) mass is 319 g/mol. The van der Waals surface area contributed by atoms with E-state index in [-0.39, 0.29) is 24.3 Å². The van der Waals surface area contributed by atoms with Crippen LogP contribution in [0.4, 0.5) is 5.69 Å². The lowest BCUT2D eigenvalue weighted by Crippen LogP contribution is -2.37. The van der Waals surface area contributed by atoms with Gasteiger partial charge in [-0.15, -0.1) is 0 Å². The number of nitrogens with one attached hydrogen (secondary N) is 1. The average Bonchev–Trinajstić information content (AvgIpc) is 2.55. The molecule has 1 aliphatic heterocycles. The number of allylic oxidation sites excluding steroid dienone is 1. The molecule has 0 aliphatic carbocycles. The zero-order valence-electron chi connectivity index (χ0n) is 13.7. The largest absolute Gasteiger partial charge is 0.459 e. The fourth-order valence-electron chi connectivity index (χ4n) is 2.75. The number of hydrogen-bond acceptors (Lipinski definition) is 4. The lowest BCUT2D eigenvalue weighted by atomic mass is 9.86. The number of rotatable bonds is 7. The summed E-state index contributed by atoms with van der Waals surface area (Å²) < 4.78 is 11.5. The molecule has 0 saturated heterocycles. The molecule has 1 heterocycles. The molecule has 0 saturated carbocycles. The van der Waals surface area contributed by atoms with Gasteiger partial charge in [0.2, 0.25) is 6.29 Å². The molecule has 2 rings (SSSR count). The van der Waals surface area contributed by atoms with Crippen molar-refractivity contribution in [1.82, 2.24) is 0 Å². The first-order chi connectivity index (χ1) is 11.2. The summed E-state index contributed by atoms with van der Waals surface area (Å²) in [6.45, 7) is 4.61. The Labute approximate surface area is 137 Å². The average molecular weight is 319 g/mol. The second-order valence-electron chi connectivity index (χ2n) is 5.68. The maximum Gasteiger partial charge on any atom is 0.290 e. The molecular formula is C18H25NO4. The predicted octanol–water partition coefficient (Wildman–Crippen LogP) is 2.93. The number of benzene rings is 1. The van der Waals surface area contributed by atoms with Gasteiger partial charge in [-0.3, -0.25) is 4.79 Å². The van der Waals surface area contributed by atoms with Crippen molar-refractivity contribution in [3.8, 4) is 0 Å². The third kappa shape index (κ3) is 4.81. The summed E-state index contributed by atoms with van der Waals surface area (Å²) in [7, 11) is 0. The first kappa shape index (κ1) is 17.5. The standard InChI is InChI=1S/C18H25NO4/c1-3-22-18-15(10-7-11-20)13(2)12-16(23-18)17(21)19-14-8-5-4-6-9-14/h4-6,8-9,12-13,15,18,20H,3,7,10-11H2,1-2H3,(H,19,21)/t13-,15-,18+/m1/s1. The van der Waals surface area contributed by atoms with Gasteiger partial charge < -0.3 is 19.9 Å². The Bertz CT molecular complexity index is 529. The number of carbonyl (C=O) groups is 1. The van der Waals surface area contributed by atoms with Crippen LogP contribution in [-0.4, -0.2) is 30.5 Å². The summed E-state index contributed by atoms with van der Waals surface area (Å²) in [5.74, 6) is 0.298. The number of para-hydroxylation sites is 1. The maximum atomic E-state index is 12.4. The third-order valence-corrected chi connectivity index (χ3v) is 3.96. The first-order valence-corrected chi connectivity index (χ1v) is 8.13. The van der Waals surface area contributed by atoms with Gasteiger partial charge in [0.25, 0.3) is 5.91 Å². The van der Waals surface area contributed by atoms with Gasteiger partial charge in [-0.05, 0) is 43.9 Å². The lowest BCUT2D eigenvalue weighted by molar-refractivity contribution is -0.169. The van der Waals surface area contributed by atoms with E-state index in [1.165, 1.54) is 0 Å². The Morgan fingerprint density at radius 3 is 2.74 bits per heavy atom. The van der Waals surface area contributed by atoms with E-state index in [0.717, 1.165) is 12.1 Å². The maximum absolute atomic E-state index is 12.4. The molecule has 0 aromatic heterocycles. The van der Waals surface area contributed by atoms with E-state index >= 15 is 0 Å². The van der Waals surface area contributed by atoms with Crippen molar-refractivity contribution in [3.05, 3.63) is 42.2 Å². The summed E-state index contributed by atoms with van der Waals surface area (Å²) >= 11 is 0. The lowest BCUT2D eigenvalue weighted by Gasteiger charge is -2.35. The van der Waals surface area contributed by atoms with E-state index in [9.17, 15) is 4.79 Å². The number of anilines is 1. The van der Waals surface area contributed by atoms with Crippen molar-refractivity contribution in [3.63, 3.8) is 0 Å². The molecule has 1 aromatic carbocycles. The smallest absolute Gasteiger partial charge is 0.290 e. The fraction of sp³-hybridized carbons (Fsp3) is 0.500.